The summed E-state index contributed by atoms with van der Waals surface area (Å²) in [6, 6.07) is 31.3. The van der Waals surface area contributed by atoms with Gasteiger partial charge in [-0.2, -0.15) is 13.7 Å². The van der Waals surface area contributed by atoms with Crippen molar-refractivity contribution in [3.63, 3.8) is 0 Å². The number of hydrogen-bond donors (Lipinski definition) is 2. The van der Waals surface area contributed by atoms with Crippen LogP contribution in [0, 0.1) is 11.3 Å². The van der Waals surface area contributed by atoms with Crippen molar-refractivity contribution in [3.8, 4) is 6.07 Å². The number of aromatic nitrogens is 1. The zero-order valence-electron chi connectivity index (χ0n) is 25.0. The molecule has 0 aliphatic carbocycles. The molecule has 0 fully saturated rings. The molecular weight excluding hydrogens is 586 g/mol. The lowest BCUT2D eigenvalue weighted by atomic mass is 9.79. The highest BCUT2D eigenvalue weighted by Gasteiger charge is 2.43. The molecule has 0 radical (unpaired) electrons. The monoisotopic (exact) mass is 621 g/mol. The summed E-state index contributed by atoms with van der Waals surface area (Å²) in [7, 11) is -4.03. The first-order valence-electron chi connectivity index (χ1n) is 14.9. The highest BCUT2D eigenvalue weighted by molar-refractivity contribution is 7.92. The molecule has 0 bridgehead atoms. The second kappa shape index (κ2) is 13.8. The van der Waals surface area contributed by atoms with E-state index < -0.39 is 27.5 Å². The number of carbonyl (C=O) groups is 1. The van der Waals surface area contributed by atoms with Crippen LogP contribution in [0.2, 0.25) is 0 Å². The van der Waals surface area contributed by atoms with Crippen LogP contribution in [-0.2, 0) is 32.4 Å². The van der Waals surface area contributed by atoms with Crippen LogP contribution in [0.1, 0.15) is 60.8 Å². The Morgan fingerprint density at radius 3 is 2.13 bits per heavy atom. The van der Waals surface area contributed by atoms with E-state index in [4.69, 9.17) is 10.00 Å². The highest BCUT2D eigenvalue weighted by atomic mass is 32.2. The third kappa shape index (κ3) is 7.59. The van der Waals surface area contributed by atoms with Gasteiger partial charge in [-0.3, -0.25) is 4.72 Å². The second-order valence-corrected chi connectivity index (χ2v) is 12.9. The van der Waals surface area contributed by atoms with E-state index >= 15 is 0 Å². The Bertz CT molecular complexity index is 1770. The highest BCUT2D eigenvalue weighted by Crippen LogP contribution is 2.42. The van der Waals surface area contributed by atoms with E-state index in [0.717, 1.165) is 11.1 Å². The molecule has 9 heteroatoms. The molecule has 0 amide bonds. The summed E-state index contributed by atoms with van der Waals surface area (Å²) in [5.41, 5.74) is 2.76. The minimum Gasteiger partial charge on any atom is -0.512 e. The fourth-order valence-electron chi connectivity index (χ4n) is 5.82. The van der Waals surface area contributed by atoms with Crippen LogP contribution in [0.3, 0.4) is 0 Å². The fourth-order valence-corrected chi connectivity index (χ4v) is 6.81. The van der Waals surface area contributed by atoms with E-state index in [1.165, 1.54) is 18.3 Å². The van der Waals surface area contributed by atoms with E-state index in [1.54, 1.807) is 24.3 Å². The number of sulfonamides is 1. The van der Waals surface area contributed by atoms with Gasteiger partial charge in [0.1, 0.15) is 17.4 Å². The number of pyridine rings is 1. The van der Waals surface area contributed by atoms with Gasteiger partial charge in [0, 0.05) is 24.2 Å². The number of aliphatic hydroxyl groups excluding tert-OH is 1. The molecule has 0 saturated carbocycles. The van der Waals surface area contributed by atoms with Crippen molar-refractivity contribution in [2.75, 3.05) is 4.72 Å². The number of nitrogens with zero attached hydrogens (tertiary/aromatic N) is 2. The summed E-state index contributed by atoms with van der Waals surface area (Å²) < 4.78 is 34.8. The number of carbonyl (C=O) groups excluding carboxylic acids is 1. The van der Waals surface area contributed by atoms with Gasteiger partial charge in [0.05, 0.1) is 11.1 Å². The fraction of sp³-hybridized carbons (Fsp3) is 0.250. The van der Waals surface area contributed by atoms with Gasteiger partial charge in [-0.25, -0.2) is 9.78 Å². The predicted octanol–water partition coefficient (Wildman–Crippen LogP) is 7.01. The molecule has 1 aliphatic rings. The maximum Gasteiger partial charge on any atom is 0.338 e. The molecule has 45 heavy (non-hydrogen) atoms. The third-order valence-corrected chi connectivity index (χ3v) is 9.49. The van der Waals surface area contributed by atoms with Crippen molar-refractivity contribution in [1.82, 2.24) is 4.98 Å². The first-order valence-corrected chi connectivity index (χ1v) is 16.4. The summed E-state index contributed by atoms with van der Waals surface area (Å²) in [4.78, 5) is 17.7. The van der Waals surface area contributed by atoms with E-state index in [0.29, 0.717) is 37.7 Å². The summed E-state index contributed by atoms with van der Waals surface area (Å²) in [6.07, 6.45) is 4.37. The van der Waals surface area contributed by atoms with Crippen molar-refractivity contribution in [2.24, 2.45) is 0 Å². The quantitative estimate of drug-likeness (QED) is 0.163. The minimum absolute atomic E-state index is 0.00647. The van der Waals surface area contributed by atoms with E-state index in [1.807, 2.05) is 73.7 Å². The largest absolute Gasteiger partial charge is 0.512 e. The zero-order chi connectivity index (χ0) is 31.9. The van der Waals surface area contributed by atoms with Gasteiger partial charge in [-0.1, -0.05) is 79.7 Å². The number of benzene rings is 3. The van der Waals surface area contributed by atoms with Gasteiger partial charge in [0.25, 0.3) is 10.0 Å². The number of cyclic esters (lactones) is 1. The molecule has 3 aromatic carbocycles. The summed E-state index contributed by atoms with van der Waals surface area (Å²) in [5.74, 6) is -1.07. The molecule has 0 saturated heterocycles. The average Bonchev–Trinajstić information content (AvgIpc) is 3.05. The second-order valence-electron chi connectivity index (χ2n) is 11.3. The molecule has 8 nitrogen and oxygen atoms in total. The minimum atomic E-state index is -4.03. The van der Waals surface area contributed by atoms with Gasteiger partial charge in [0.2, 0.25) is 0 Å². The number of rotatable bonds is 12. The van der Waals surface area contributed by atoms with Gasteiger partial charge in [0.15, 0.2) is 5.03 Å². The number of aliphatic hydroxyl groups is 1. The smallest absolute Gasteiger partial charge is 0.338 e. The Labute approximate surface area is 264 Å². The maximum atomic E-state index is 13.8. The lowest BCUT2D eigenvalue weighted by molar-refractivity contribution is -0.161. The Kier molecular flexibility index (Phi) is 9.65. The molecule has 5 rings (SSSR count). The molecule has 0 spiro atoms. The SMILES string of the molecule is CC[C@H](C1=C(O)CC(CCc2ccccc2)(CCc2ccccc2)OC1=O)c1cccc(NS(=O)(=O)c2ccc(C#N)cn2)c1. The van der Waals surface area contributed by atoms with Crippen LogP contribution in [0.15, 0.2) is 120 Å². The number of nitrogens with one attached hydrogen (secondary N) is 1. The van der Waals surface area contributed by atoms with E-state index in [2.05, 4.69) is 9.71 Å². The van der Waals surface area contributed by atoms with Gasteiger partial charge in [-0.05, 0) is 73.1 Å². The van der Waals surface area contributed by atoms with Crippen LogP contribution in [0.5, 0.6) is 0 Å². The standard InChI is InChI=1S/C36H35N3O5S/c1-2-31(29-14-9-15-30(22-29)39-45(42,43)33-17-16-28(24-37)25-38-33)34-32(40)23-36(44-35(34)41,20-18-26-10-5-3-6-11-26)21-19-27-12-7-4-8-13-27/h3-17,22,25,31,39-40H,2,18-21,23H2,1H3/t31-/m0/s1. The number of ether oxygens (including phenoxy) is 1. The van der Waals surface area contributed by atoms with Crippen molar-refractivity contribution in [3.05, 3.63) is 137 Å². The number of hydrogen-bond acceptors (Lipinski definition) is 7. The van der Waals surface area contributed by atoms with E-state index in [9.17, 15) is 18.3 Å². The molecule has 4 aromatic rings. The number of nitriles is 1. The molecular formula is C36H35N3O5S. The maximum absolute atomic E-state index is 13.8. The normalized spacial score (nSPS) is 15.2. The molecule has 2 heterocycles. The van der Waals surface area contributed by atoms with Crippen LogP contribution < -0.4 is 4.72 Å². The number of aryl methyl sites for hydroxylation is 2. The van der Waals surface area contributed by atoms with Crippen LogP contribution in [-0.4, -0.2) is 30.1 Å². The van der Waals surface area contributed by atoms with E-state index in [-0.39, 0.29) is 34.0 Å². The van der Waals surface area contributed by atoms with Crippen molar-refractivity contribution in [1.29, 1.82) is 5.26 Å². The lowest BCUT2D eigenvalue weighted by Crippen LogP contribution is -2.42. The lowest BCUT2D eigenvalue weighted by Gasteiger charge is -2.39. The van der Waals surface area contributed by atoms with Gasteiger partial charge in [-0.15, -0.1) is 0 Å². The van der Waals surface area contributed by atoms with Crippen LogP contribution in [0.25, 0.3) is 0 Å². The number of anilines is 1. The average molecular weight is 622 g/mol. The van der Waals surface area contributed by atoms with Crippen LogP contribution in [0.4, 0.5) is 5.69 Å². The van der Waals surface area contributed by atoms with Crippen molar-refractivity contribution in [2.45, 2.75) is 62.0 Å². The molecule has 230 valence electrons. The van der Waals surface area contributed by atoms with Crippen LogP contribution >= 0.6 is 0 Å². The Hall–Kier alpha value is -4.94. The van der Waals surface area contributed by atoms with Crippen molar-refractivity contribution >= 4 is 21.7 Å². The summed E-state index contributed by atoms with van der Waals surface area (Å²) in [5, 5.41) is 20.3. The topological polar surface area (TPSA) is 129 Å². The Balaban J connectivity index is 1.40. The first-order chi connectivity index (χ1) is 21.7. The first kappa shape index (κ1) is 31.5. The molecule has 2 N–H and O–H groups in total. The van der Waals surface area contributed by atoms with Gasteiger partial charge < -0.3 is 9.84 Å². The Morgan fingerprint density at radius 2 is 1.60 bits per heavy atom. The zero-order valence-corrected chi connectivity index (χ0v) is 25.8. The molecule has 1 aliphatic heterocycles. The third-order valence-electron chi connectivity index (χ3n) is 8.19. The molecule has 0 unspecified atom stereocenters. The summed E-state index contributed by atoms with van der Waals surface area (Å²) >= 11 is 0. The number of esters is 1. The predicted molar refractivity (Wildman–Crippen MR) is 172 cm³/mol. The molecule has 1 aromatic heterocycles. The van der Waals surface area contributed by atoms with Gasteiger partial charge >= 0.3 is 5.97 Å². The molecule has 1 atom stereocenters. The Morgan fingerprint density at radius 1 is 0.956 bits per heavy atom. The van der Waals surface area contributed by atoms with Crippen molar-refractivity contribution < 1.29 is 23.1 Å². The summed E-state index contributed by atoms with van der Waals surface area (Å²) in [6.45, 7) is 1.91.